The van der Waals surface area contributed by atoms with Gasteiger partial charge in [0, 0.05) is 30.7 Å². The van der Waals surface area contributed by atoms with Gasteiger partial charge in [-0.1, -0.05) is 18.5 Å². The molecule has 6 nitrogen and oxygen atoms in total. The number of aliphatic imine (C=N–C) groups is 1. The van der Waals surface area contributed by atoms with Gasteiger partial charge in [-0.15, -0.1) is 0 Å². The number of hydrogen-bond donors (Lipinski definition) is 3. The Morgan fingerprint density at radius 1 is 1.33 bits per heavy atom. The Kier molecular flexibility index (Phi) is 8.85. The number of hydrogen-bond acceptors (Lipinski definition) is 3. The normalized spacial score (nSPS) is 11.3. The van der Waals surface area contributed by atoms with E-state index >= 15 is 0 Å². The second kappa shape index (κ2) is 10.6. The van der Waals surface area contributed by atoms with Crippen molar-refractivity contribution < 1.29 is 18.3 Å². The van der Waals surface area contributed by atoms with Crippen molar-refractivity contribution in [2.45, 2.75) is 26.5 Å². The summed E-state index contributed by atoms with van der Waals surface area (Å²) in [6, 6.07) is 4.36. The van der Waals surface area contributed by atoms with Crippen LogP contribution in [0.3, 0.4) is 0 Å². The first-order valence-electron chi connectivity index (χ1n) is 7.40. The molecule has 0 aromatic heterocycles. The van der Waals surface area contributed by atoms with Gasteiger partial charge in [0.25, 0.3) is 0 Å². The molecule has 134 valence electrons. The third-order valence-electron chi connectivity index (χ3n) is 2.90. The summed E-state index contributed by atoms with van der Waals surface area (Å²) in [6.45, 7) is -0.166. The van der Waals surface area contributed by atoms with Gasteiger partial charge in [0.05, 0.1) is 6.54 Å². The molecule has 0 saturated heterocycles. The SMILES string of the molecule is CCCNC(=O)CNC(=NC)NCc1cc(Cl)ccc1OC(F)F. The van der Waals surface area contributed by atoms with Crippen molar-refractivity contribution in [1.82, 2.24) is 16.0 Å². The third-order valence-corrected chi connectivity index (χ3v) is 3.13. The molecule has 0 atom stereocenters. The van der Waals surface area contributed by atoms with Crippen LogP contribution in [0.5, 0.6) is 5.75 Å². The number of nitrogens with one attached hydrogen (secondary N) is 3. The molecule has 1 aromatic rings. The van der Waals surface area contributed by atoms with Gasteiger partial charge in [-0.2, -0.15) is 8.78 Å². The summed E-state index contributed by atoms with van der Waals surface area (Å²) in [6.07, 6.45) is 0.848. The number of guanidine groups is 1. The molecule has 0 unspecified atom stereocenters. The Morgan fingerprint density at radius 3 is 2.71 bits per heavy atom. The van der Waals surface area contributed by atoms with E-state index < -0.39 is 6.61 Å². The number of carbonyl (C=O) groups excluding carboxylic acids is 1. The Balaban J connectivity index is 2.59. The number of rotatable bonds is 8. The van der Waals surface area contributed by atoms with Crippen LogP contribution in [0, 0.1) is 0 Å². The predicted octanol–water partition coefficient (Wildman–Crippen LogP) is 2.13. The van der Waals surface area contributed by atoms with Crippen LogP contribution < -0.4 is 20.7 Å². The topological polar surface area (TPSA) is 74.8 Å². The lowest BCUT2D eigenvalue weighted by molar-refractivity contribution is -0.120. The lowest BCUT2D eigenvalue weighted by Gasteiger charge is -2.14. The Bertz CT molecular complexity index is 570. The van der Waals surface area contributed by atoms with Gasteiger partial charge in [-0.25, -0.2) is 0 Å². The van der Waals surface area contributed by atoms with Gasteiger partial charge >= 0.3 is 6.61 Å². The van der Waals surface area contributed by atoms with Crippen LogP contribution in [0.15, 0.2) is 23.2 Å². The quantitative estimate of drug-likeness (QED) is 0.489. The minimum absolute atomic E-state index is 0.0260. The van der Waals surface area contributed by atoms with E-state index in [0.717, 1.165) is 6.42 Å². The van der Waals surface area contributed by atoms with Crippen molar-refractivity contribution in [3.8, 4) is 5.75 Å². The molecular formula is C15H21ClF2N4O2. The predicted molar refractivity (Wildman–Crippen MR) is 89.6 cm³/mol. The number of nitrogens with zero attached hydrogens (tertiary/aromatic N) is 1. The highest BCUT2D eigenvalue weighted by atomic mass is 35.5. The van der Waals surface area contributed by atoms with Gasteiger partial charge in [-0.05, 0) is 24.6 Å². The van der Waals surface area contributed by atoms with Crippen LogP contribution in [0.1, 0.15) is 18.9 Å². The van der Waals surface area contributed by atoms with E-state index in [1.54, 1.807) is 0 Å². The van der Waals surface area contributed by atoms with Crippen molar-refractivity contribution in [1.29, 1.82) is 0 Å². The van der Waals surface area contributed by atoms with Crippen molar-refractivity contribution in [3.63, 3.8) is 0 Å². The first-order chi connectivity index (χ1) is 11.5. The van der Waals surface area contributed by atoms with Crippen molar-refractivity contribution in [2.75, 3.05) is 20.1 Å². The molecule has 0 spiro atoms. The molecular weight excluding hydrogens is 342 g/mol. The van der Waals surface area contributed by atoms with E-state index in [-0.39, 0.29) is 24.7 Å². The molecule has 1 amide bonds. The fourth-order valence-corrected chi connectivity index (χ4v) is 1.98. The zero-order valence-corrected chi connectivity index (χ0v) is 14.3. The monoisotopic (exact) mass is 362 g/mol. The maximum absolute atomic E-state index is 12.4. The average molecular weight is 363 g/mol. The number of ether oxygens (including phenoxy) is 1. The highest BCUT2D eigenvalue weighted by Crippen LogP contribution is 2.24. The summed E-state index contributed by atoms with van der Waals surface area (Å²) in [5, 5.41) is 8.86. The number of alkyl halides is 2. The summed E-state index contributed by atoms with van der Waals surface area (Å²) in [4.78, 5) is 15.5. The third kappa shape index (κ3) is 7.45. The molecule has 24 heavy (non-hydrogen) atoms. The minimum atomic E-state index is -2.93. The van der Waals surface area contributed by atoms with Gasteiger partial charge in [-0.3, -0.25) is 9.79 Å². The molecule has 0 aliphatic carbocycles. The zero-order chi connectivity index (χ0) is 17.9. The molecule has 1 rings (SSSR count). The summed E-state index contributed by atoms with van der Waals surface area (Å²) in [5.74, 6) is 0.215. The standard InChI is InChI=1S/C15H21ClF2N4O2/c1-3-6-20-13(23)9-22-15(19-2)21-8-10-7-11(16)4-5-12(10)24-14(17)18/h4-5,7,14H,3,6,8-9H2,1-2H3,(H,20,23)(H2,19,21,22). The Labute approximate surface area is 144 Å². The number of halogens is 3. The fourth-order valence-electron chi connectivity index (χ4n) is 1.79. The Morgan fingerprint density at radius 2 is 2.08 bits per heavy atom. The highest BCUT2D eigenvalue weighted by molar-refractivity contribution is 6.30. The summed E-state index contributed by atoms with van der Waals surface area (Å²) >= 11 is 5.88. The van der Waals surface area contributed by atoms with E-state index in [2.05, 4.69) is 25.7 Å². The van der Waals surface area contributed by atoms with Crippen LogP contribution in [0.4, 0.5) is 8.78 Å². The van der Waals surface area contributed by atoms with Gasteiger partial charge in [0.15, 0.2) is 5.96 Å². The van der Waals surface area contributed by atoms with Crippen LogP contribution >= 0.6 is 11.6 Å². The first-order valence-corrected chi connectivity index (χ1v) is 7.78. The smallest absolute Gasteiger partial charge is 0.387 e. The summed E-state index contributed by atoms with van der Waals surface area (Å²) in [5.41, 5.74) is 0.446. The van der Waals surface area contributed by atoms with E-state index in [9.17, 15) is 13.6 Å². The molecule has 0 aliphatic rings. The maximum atomic E-state index is 12.4. The fraction of sp³-hybridized carbons (Fsp3) is 0.467. The molecule has 0 fully saturated rings. The van der Waals surface area contributed by atoms with Crippen molar-refractivity contribution in [3.05, 3.63) is 28.8 Å². The van der Waals surface area contributed by atoms with Gasteiger partial charge in [0.1, 0.15) is 5.75 Å². The van der Waals surface area contributed by atoms with Crippen LogP contribution in [0.25, 0.3) is 0 Å². The van der Waals surface area contributed by atoms with E-state index in [4.69, 9.17) is 11.6 Å². The molecule has 3 N–H and O–H groups in total. The highest BCUT2D eigenvalue weighted by Gasteiger charge is 2.11. The van der Waals surface area contributed by atoms with Crippen LogP contribution in [0.2, 0.25) is 5.02 Å². The lowest BCUT2D eigenvalue weighted by atomic mass is 10.2. The first kappa shape index (κ1) is 20.0. The Hall–Kier alpha value is -2.09. The summed E-state index contributed by atoms with van der Waals surface area (Å²) < 4.78 is 29.3. The molecule has 1 aromatic carbocycles. The van der Waals surface area contributed by atoms with Crippen LogP contribution in [-0.2, 0) is 11.3 Å². The van der Waals surface area contributed by atoms with Gasteiger partial charge in [0.2, 0.25) is 5.91 Å². The largest absolute Gasteiger partial charge is 0.434 e. The second-order valence-electron chi connectivity index (χ2n) is 4.76. The van der Waals surface area contributed by atoms with E-state index in [1.165, 1.54) is 25.2 Å². The molecule has 0 radical (unpaired) electrons. The molecule has 0 bridgehead atoms. The van der Waals surface area contributed by atoms with E-state index in [0.29, 0.717) is 23.1 Å². The number of amides is 1. The minimum Gasteiger partial charge on any atom is -0.434 e. The lowest BCUT2D eigenvalue weighted by Crippen LogP contribution is -2.43. The van der Waals surface area contributed by atoms with Gasteiger partial charge < -0.3 is 20.7 Å². The average Bonchev–Trinajstić information content (AvgIpc) is 2.54. The number of carbonyl (C=O) groups is 1. The molecule has 9 heteroatoms. The molecule has 0 saturated carbocycles. The molecule has 0 heterocycles. The maximum Gasteiger partial charge on any atom is 0.387 e. The second-order valence-corrected chi connectivity index (χ2v) is 5.20. The van der Waals surface area contributed by atoms with E-state index in [1.807, 2.05) is 6.92 Å². The van der Waals surface area contributed by atoms with Crippen LogP contribution in [-0.4, -0.2) is 38.6 Å². The van der Waals surface area contributed by atoms with Crippen molar-refractivity contribution in [2.24, 2.45) is 4.99 Å². The molecule has 0 aliphatic heterocycles. The zero-order valence-electron chi connectivity index (χ0n) is 13.5. The number of benzene rings is 1. The summed E-state index contributed by atoms with van der Waals surface area (Å²) in [7, 11) is 1.54. The van der Waals surface area contributed by atoms with Crippen molar-refractivity contribution >= 4 is 23.5 Å².